The number of carbonyl (C=O) groups is 1. The van der Waals surface area contributed by atoms with E-state index in [1.54, 1.807) is 37.5 Å². The zero-order chi connectivity index (χ0) is 16.9. The van der Waals surface area contributed by atoms with Crippen molar-refractivity contribution in [1.82, 2.24) is 30.2 Å². The molecule has 0 fully saturated rings. The third-order valence-electron chi connectivity index (χ3n) is 2.85. The van der Waals surface area contributed by atoms with E-state index in [0.29, 0.717) is 17.3 Å². The van der Waals surface area contributed by atoms with Gasteiger partial charge in [-0.3, -0.25) is 0 Å². The van der Waals surface area contributed by atoms with E-state index in [0.717, 1.165) is 0 Å². The van der Waals surface area contributed by atoms with Gasteiger partial charge in [-0.1, -0.05) is 17.7 Å². The van der Waals surface area contributed by atoms with Crippen molar-refractivity contribution in [3.63, 3.8) is 0 Å². The molecule has 3 rings (SSSR count). The summed E-state index contributed by atoms with van der Waals surface area (Å²) in [5.41, 5.74) is 0.359. The van der Waals surface area contributed by atoms with Crippen LogP contribution in [0.15, 0.2) is 36.7 Å². The molecule has 0 amide bonds. The lowest BCUT2D eigenvalue weighted by molar-refractivity contribution is 0.0519. The van der Waals surface area contributed by atoms with Crippen LogP contribution in [-0.2, 0) is 4.74 Å². The van der Waals surface area contributed by atoms with Crippen LogP contribution in [0.3, 0.4) is 0 Å². The Balaban J connectivity index is 1.92. The van der Waals surface area contributed by atoms with Crippen LogP contribution in [0.25, 0.3) is 5.82 Å². The highest BCUT2D eigenvalue weighted by atomic mass is 35.5. The summed E-state index contributed by atoms with van der Waals surface area (Å²) < 4.78 is 4.96. The van der Waals surface area contributed by atoms with Crippen LogP contribution >= 0.6 is 11.6 Å². The number of rotatable bonds is 5. The number of ether oxygens (including phenoxy) is 1. The summed E-state index contributed by atoms with van der Waals surface area (Å²) in [6.45, 7) is 1.93. The number of anilines is 2. The average Bonchev–Trinajstić information content (AvgIpc) is 3.10. The predicted molar refractivity (Wildman–Crippen MR) is 85.4 cm³/mol. The minimum atomic E-state index is -0.603. The Hall–Kier alpha value is -3.07. The molecular formula is C14H12ClN7O2. The van der Waals surface area contributed by atoms with Crippen molar-refractivity contribution in [3.8, 4) is 5.82 Å². The summed E-state index contributed by atoms with van der Waals surface area (Å²) in [5.74, 6) is 0.365. The van der Waals surface area contributed by atoms with Gasteiger partial charge >= 0.3 is 5.97 Å². The van der Waals surface area contributed by atoms with Crippen molar-refractivity contribution < 1.29 is 9.53 Å². The second-order valence-electron chi connectivity index (χ2n) is 4.47. The molecule has 0 aliphatic rings. The van der Waals surface area contributed by atoms with Gasteiger partial charge in [-0.15, -0.1) is 15.0 Å². The molecule has 0 saturated heterocycles. The summed E-state index contributed by atoms with van der Waals surface area (Å²) in [4.78, 5) is 17.7. The molecule has 0 aliphatic carbocycles. The Bertz CT molecular complexity index is 854. The smallest absolute Gasteiger partial charge is 0.361 e. The van der Waals surface area contributed by atoms with E-state index < -0.39 is 5.97 Å². The number of pyridine rings is 1. The SMILES string of the molecule is CCOC(=O)c1nnc(Cl)cc1Nc1cccc(-n2nccn2)n1. The summed E-state index contributed by atoms with van der Waals surface area (Å²) in [6, 6.07) is 6.71. The van der Waals surface area contributed by atoms with Crippen LogP contribution in [-0.4, -0.2) is 42.8 Å². The maximum atomic E-state index is 12.0. The first-order chi connectivity index (χ1) is 11.7. The number of halogens is 1. The van der Waals surface area contributed by atoms with Gasteiger partial charge in [0.1, 0.15) is 5.82 Å². The zero-order valence-electron chi connectivity index (χ0n) is 12.5. The van der Waals surface area contributed by atoms with E-state index in [-0.39, 0.29) is 17.5 Å². The van der Waals surface area contributed by atoms with Crippen LogP contribution in [0.5, 0.6) is 0 Å². The Morgan fingerprint density at radius 2 is 2.08 bits per heavy atom. The minimum Gasteiger partial charge on any atom is -0.461 e. The predicted octanol–water partition coefficient (Wildman–Crippen LogP) is 2.03. The van der Waals surface area contributed by atoms with Gasteiger partial charge in [0.05, 0.1) is 24.7 Å². The highest BCUT2D eigenvalue weighted by molar-refractivity contribution is 6.29. The summed E-state index contributed by atoms with van der Waals surface area (Å²) in [6.07, 6.45) is 3.10. The molecule has 3 aromatic heterocycles. The molecule has 122 valence electrons. The van der Waals surface area contributed by atoms with Gasteiger partial charge in [0.25, 0.3) is 0 Å². The molecule has 0 saturated carbocycles. The quantitative estimate of drug-likeness (QED) is 0.700. The Labute approximate surface area is 141 Å². The van der Waals surface area contributed by atoms with E-state index in [4.69, 9.17) is 16.3 Å². The largest absolute Gasteiger partial charge is 0.461 e. The number of nitrogens with one attached hydrogen (secondary N) is 1. The highest BCUT2D eigenvalue weighted by Crippen LogP contribution is 2.21. The van der Waals surface area contributed by atoms with Crippen LogP contribution < -0.4 is 5.32 Å². The molecule has 0 atom stereocenters. The van der Waals surface area contributed by atoms with Crippen LogP contribution in [0.2, 0.25) is 5.15 Å². The van der Waals surface area contributed by atoms with E-state index in [1.165, 1.54) is 10.9 Å². The summed E-state index contributed by atoms with van der Waals surface area (Å²) >= 11 is 5.87. The van der Waals surface area contributed by atoms with Gasteiger partial charge in [-0.25, -0.2) is 9.78 Å². The molecule has 0 unspecified atom stereocenters. The maximum absolute atomic E-state index is 12.0. The van der Waals surface area contributed by atoms with Gasteiger partial charge in [-0.2, -0.15) is 10.2 Å². The van der Waals surface area contributed by atoms with Crippen molar-refractivity contribution in [2.45, 2.75) is 6.92 Å². The lowest BCUT2D eigenvalue weighted by Gasteiger charge is -2.10. The van der Waals surface area contributed by atoms with E-state index in [9.17, 15) is 4.79 Å². The molecule has 0 radical (unpaired) electrons. The number of hydrogen-bond acceptors (Lipinski definition) is 8. The number of esters is 1. The fourth-order valence-corrected chi connectivity index (χ4v) is 2.04. The third kappa shape index (κ3) is 3.46. The molecule has 0 bridgehead atoms. The first-order valence-corrected chi connectivity index (χ1v) is 7.36. The monoisotopic (exact) mass is 345 g/mol. The van der Waals surface area contributed by atoms with Gasteiger partial charge in [0.2, 0.25) is 0 Å². The molecular weight excluding hydrogens is 334 g/mol. The standard InChI is InChI=1S/C14H12ClN7O2/c1-2-24-14(23)13-9(8-10(15)20-21-13)18-11-4-3-5-12(19-11)22-16-6-7-17-22/h3-8H,2H2,1H3,(H,18,19,20). The first kappa shape index (κ1) is 15.8. The number of carbonyl (C=O) groups excluding carboxylic acids is 1. The van der Waals surface area contributed by atoms with E-state index >= 15 is 0 Å². The van der Waals surface area contributed by atoms with Gasteiger partial charge in [-0.05, 0) is 19.1 Å². The number of nitrogens with zero attached hydrogens (tertiary/aromatic N) is 6. The van der Waals surface area contributed by atoms with Crippen molar-refractivity contribution in [2.24, 2.45) is 0 Å². The summed E-state index contributed by atoms with van der Waals surface area (Å²) in [7, 11) is 0. The van der Waals surface area contributed by atoms with Gasteiger partial charge in [0, 0.05) is 6.07 Å². The average molecular weight is 346 g/mol. The highest BCUT2D eigenvalue weighted by Gasteiger charge is 2.17. The van der Waals surface area contributed by atoms with Gasteiger partial charge < -0.3 is 10.1 Å². The fraction of sp³-hybridized carbons (Fsp3) is 0.143. The van der Waals surface area contributed by atoms with Crippen LogP contribution in [0.4, 0.5) is 11.5 Å². The van der Waals surface area contributed by atoms with Crippen molar-refractivity contribution >= 4 is 29.1 Å². The molecule has 24 heavy (non-hydrogen) atoms. The second kappa shape index (κ2) is 7.01. The molecule has 10 heteroatoms. The Morgan fingerprint density at radius 3 is 2.83 bits per heavy atom. The van der Waals surface area contributed by atoms with Gasteiger partial charge in [0.15, 0.2) is 16.7 Å². The molecule has 1 N–H and O–H groups in total. The molecule has 3 aromatic rings. The first-order valence-electron chi connectivity index (χ1n) is 6.98. The lowest BCUT2D eigenvalue weighted by atomic mass is 10.3. The van der Waals surface area contributed by atoms with Crippen molar-refractivity contribution in [3.05, 3.63) is 47.5 Å². The molecule has 3 heterocycles. The molecule has 0 aliphatic heterocycles. The van der Waals surface area contributed by atoms with Crippen molar-refractivity contribution in [1.29, 1.82) is 0 Å². The van der Waals surface area contributed by atoms with Crippen LogP contribution in [0.1, 0.15) is 17.4 Å². The molecule has 9 nitrogen and oxygen atoms in total. The Morgan fingerprint density at radius 1 is 1.29 bits per heavy atom. The third-order valence-corrected chi connectivity index (χ3v) is 3.04. The topological polar surface area (TPSA) is 108 Å². The fourth-order valence-electron chi connectivity index (χ4n) is 1.89. The van der Waals surface area contributed by atoms with E-state index in [1.807, 2.05) is 0 Å². The lowest BCUT2D eigenvalue weighted by Crippen LogP contribution is -2.12. The number of aromatic nitrogens is 6. The van der Waals surface area contributed by atoms with Crippen molar-refractivity contribution in [2.75, 3.05) is 11.9 Å². The molecule has 0 spiro atoms. The van der Waals surface area contributed by atoms with Crippen LogP contribution in [0, 0.1) is 0 Å². The Kier molecular flexibility index (Phi) is 4.62. The summed E-state index contributed by atoms with van der Waals surface area (Å²) in [5, 5.41) is 18.6. The maximum Gasteiger partial charge on any atom is 0.361 e. The minimum absolute atomic E-state index is 0.0191. The molecule has 0 aromatic carbocycles. The normalized spacial score (nSPS) is 10.4. The van der Waals surface area contributed by atoms with E-state index in [2.05, 4.69) is 30.7 Å². The zero-order valence-corrected chi connectivity index (χ0v) is 13.3. The second-order valence-corrected chi connectivity index (χ2v) is 4.86. The number of hydrogen-bond donors (Lipinski definition) is 1.